The number of rotatable bonds is 0. The van der Waals surface area contributed by atoms with Crippen molar-refractivity contribution in [1.29, 1.82) is 0 Å². The molecule has 0 aromatic carbocycles. The fourth-order valence-corrected chi connectivity index (χ4v) is 5.15. The summed E-state index contributed by atoms with van der Waals surface area (Å²) in [4.78, 5) is 11.4. The van der Waals surface area contributed by atoms with Crippen LogP contribution in [0.5, 0.6) is 0 Å². The number of esters is 1. The van der Waals surface area contributed by atoms with Crippen LogP contribution in [-0.4, -0.2) is 5.97 Å². The molecule has 2 fully saturated rings. The first-order valence-electron chi connectivity index (χ1n) is 6.61. The Bertz CT molecular complexity index is 409. The quantitative estimate of drug-likeness (QED) is 0.584. The van der Waals surface area contributed by atoms with Crippen molar-refractivity contribution in [3.8, 4) is 0 Å². The Kier molecular flexibility index (Phi) is 1.57. The van der Waals surface area contributed by atoms with Gasteiger partial charge in [-0.25, -0.2) is 0 Å². The molecule has 0 amide bonds. The largest absolute Gasteiger partial charge is 0.431 e. The zero-order valence-electron chi connectivity index (χ0n) is 9.90. The molecule has 0 aromatic heterocycles. The minimum absolute atomic E-state index is 0.00676. The Morgan fingerprint density at radius 2 is 1.94 bits per heavy atom. The monoisotopic (exact) mass is 218 g/mol. The van der Waals surface area contributed by atoms with Gasteiger partial charge in [0.05, 0.1) is 0 Å². The van der Waals surface area contributed by atoms with E-state index in [0.29, 0.717) is 6.42 Å². The zero-order chi connectivity index (χ0) is 11.0. The van der Waals surface area contributed by atoms with Crippen LogP contribution in [0.3, 0.4) is 0 Å². The summed E-state index contributed by atoms with van der Waals surface area (Å²) in [7, 11) is 0. The average molecular weight is 218 g/mol. The summed E-state index contributed by atoms with van der Waals surface area (Å²) in [5, 5.41) is 0. The van der Waals surface area contributed by atoms with E-state index in [1.54, 1.807) is 0 Å². The van der Waals surface area contributed by atoms with Crippen LogP contribution in [0, 0.1) is 35.5 Å². The van der Waals surface area contributed by atoms with Crippen molar-refractivity contribution in [2.75, 3.05) is 0 Å². The van der Waals surface area contributed by atoms with Crippen molar-refractivity contribution in [2.45, 2.75) is 33.1 Å². The molecule has 0 bridgehead atoms. The maximum Gasteiger partial charge on any atom is 0.311 e. The third kappa shape index (κ3) is 0.847. The molecule has 0 saturated heterocycles. The van der Waals surface area contributed by atoms with E-state index < -0.39 is 0 Å². The standard InChI is InChI=1S/C14H18O2/c1-6-9-5-10-8(3-4-11(15)16-10)13-7(2)12(6)14(9)13/h6-7,9,12-14H,3-5H2,1-2H3/t6-,7-,9-,12+,13-,14-/m1/s1. The first kappa shape index (κ1) is 9.26. The second-order valence-corrected chi connectivity index (χ2v) is 6.19. The highest BCUT2D eigenvalue weighted by molar-refractivity contribution is 5.72. The lowest BCUT2D eigenvalue weighted by Crippen LogP contribution is -2.65. The summed E-state index contributed by atoms with van der Waals surface area (Å²) in [5.74, 6) is 6.25. The highest BCUT2D eigenvalue weighted by Gasteiger charge is 2.66. The molecule has 1 heterocycles. The van der Waals surface area contributed by atoms with E-state index in [-0.39, 0.29) is 5.97 Å². The molecule has 4 rings (SSSR count). The van der Waals surface area contributed by atoms with Gasteiger partial charge in [-0.1, -0.05) is 13.8 Å². The number of allylic oxidation sites excluding steroid dienone is 2. The second-order valence-electron chi connectivity index (χ2n) is 6.19. The van der Waals surface area contributed by atoms with Crippen LogP contribution in [0.4, 0.5) is 0 Å². The third-order valence-electron chi connectivity index (χ3n) is 5.83. The van der Waals surface area contributed by atoms with Crippen LogP contribution >= 0.6 is 0 Å². The number of hydrogen-bond acceptors (Lipinski definition) is 2. The highest BCUT2D eigenvalue weighted by atomic mass is 16.5. The van der Waals surface area contributed by atoms with E-state index >= 15 is 0 Å². The number of carbonyl (C=O) groups excluding carboxylic acids is 1. The van der Waals surface area contributed by atoms with Crippen LogP contribution in [0.1, 0.15) is 33.1 Å². The number of hydrogen-bond donors (Lipinski definition) is 0. The third-order valence-corrected chi connectivity index (χ3v) is 5.83. The van der Waals surface area contributed by atoms with Crippen LogP contribution in [0.2, 0.25) is 0 Å². The summed E-state index contributed by atoms with van der Waals surface area (Å²) in [6, 6.07) is 0. The summed E-state index contributed by atoms with van der Waals surface area (Å²) in [5.41, 5.74) is 1.51. The van der Waals surface area contributed by atoms with Crippen molar-refractivity contribution in [2.24, 2.45) is 35.5 Å². The van der Waals surface area contributed by atoms with Crippen LogP contribution < -0.4 is 0 Å². The summed E-state index contributed by atoms with van der Waals surface area (Å²) in [6.07, 6.45) is 2.64. The normalized spacial score (nSPS) is 53.2. The van der Waals surface area contributed by atoms with Gasteiger partial charge < -0.3 is 4.74 Å². The predicted octanol–water partition coefficient (Wildman–Crippen LogP) is 2.75. The molecule has 2 heteroatoms. The number of carbonyl (C=O) groups is 1. The topological polar surface area (TPSA) is 26.3 Å². The molecule has 2 saturated carbocycles. The van der Waals surface area contributed by atoms with Gasteiger partial charge in [-0.3, -0.25) is 4.79 Å². The van der Waals surface area contributed by atoms with E-state index in [2.05, 4.69) is 13.8 Å². The van der Waals surface area contributed by atoms with Crippen molar-refractivity contribution < 1.29 is 9.53 Å². The Hall–Kier alpha value is -0.790. The molecule has 0 spiro atoms. The van der Waals surface area contributed by atoms with Crippen LogP contribution in [0.15, 0.2) is 11.3 Å². The minimum atomic E-state index is -0.00676. The fraction of sp³-hybridized carbons (Fsp3) is 0.786. The highest BCUT2D eigenvalue weighted by Crippen LogP contribution is 2.70. The molecule has 4 aliphatic rings. The molecular weight excluding hydrogens is 200 g/mol. The lowest BCUT2D eigenvalue weighted by molar-refractivity contribution is -0.196. The van der Waals surface area contributed by atoms with Gasteiger partial charge in [-0.15, -0.1) is 0 Å². The van der Waals surface area contributed by atoms with Crippen LogP contribution in [0.25, 0.3) is 0 Å². The van der Waals surface area contributed by atoms with E-state index in [1.165, 1.54) is 5.57 Å². The summed E-state index contributed by atoms with van der Waals surface area (Å²) < 4.78 is 5.48. The first-order chi connectivity index (χ1) is 7.68. The minimum Gasteiger partial charge on any atom is -0.431 e. The van der Waals surface area contributed by atoms with Crippen molar-refractivity contribution in [1.82, 2.24) is 0 Å². The molecule has 2 nitrogen and oxygen atoms in total. The molecule has 86 valence electrons. The van der Waals surface area contributed by atoms with Gasteiger partial charge in [0.25, 0.3) is 0 Å². The smallest absolute Gasteiger partial charge is 0.311 e. The van der Waals surface area contributed by atoms with Gasteiger partial charge in [0, 0.05) is 12.8 Å². The maximum absolute atomic E-state index is 11.4. The van der Waals surface area contributed by atoms with E-state index in [9.17, 15) is 4.79 Å². The van der Waals surface area contributed by atoms with Crippen molar-refractivity contribution in [3.05, 3.63) is 11.3 Å². The van der Waals surface area contributed by atoms with Gasteiger partial charge in [0.2, 0.25) is 0 Å². The van der Waals surface area contributed by atoms with Gasteiger partial charge in [-0.2, -0.15) is 0 Å². The lowest BCUT2D eigenvalue weighted by atomic mass is 9.35. The average Bonchev–Trinajstić information content (AvgIpc) is 2.25. The molecule has 0 unspecified atom stereocenters. The summed E-state index contributed by atoms with van der Waals surface area (Å²) >= 11 is 0. The van der Waals surface area contributed by atoms with E-state index in [4.69, 9.17) is 4.74 Å². The second kappa shape index (κ2) is 2.72. The van der Waals surface area contributed by atoms with E-state index in [1.807, 2.05) is 0 Å². The molecule has 0 aromatic rings. The summed E-state index contributed by atoms with van der Waals surface area (Å²) in [6.45, 7) is 4.78. The molecule has 3 aliphatic carbocycles. The van der Waals surface area contributed by atoms with Gasteiger partial charge in [0.15, 0.2) is 0 Å². The zero-order valence-corrected chi connectivity index (χ0v) is 9.90. The Labute approximate surface area is 96.0 Å². The SMILES string of the molecule is C[C@@H]1[C@H]2CC3=C(CCC(=O)O3)[C@H]3[C@H](C)[C@H]1[C@@H]23. The van der Waals surface area contributed by atoms with Gasteiger partial charge in [-0.05, 0) is 47.5 Å². The fourth-order valence-electron chi connectivity index (χ4n) is 5.15. The van der Waals surface area contributed by atoms with Gasteiger partial charge >= 0.3 is 5.97 Å². The molecule has 0 N–H and O–H groups in total. The molecular formula is C14H18O2. The molecule has 16 heavy (non-hydrogen) atoms. The van der Waals surface area contributed by atoms with Crippen molar-refractivity contribution >= 4 is 5.97 Å². The van der Waals surface area contributed by atoms with Gasteiger partial charge in [0.1, 0.15) is 5.76 Å². The van der Waals surface area contributed by atoms with E-state index in [0.717, 1.165) is 54.1 Å². The lowest BCUT2D eigenvalue weighted by Gasteiger charge is -2.70. The molecule has 6 atom stereocenters. The van der Waals surface area contributed by atoms with Crippen LogP contribution in [-0.2, 0) is 9.53 Å². The Morgan fingerprint density at radius 1 is 1.12 bits per heavy atom. The maximum atomic E-state index is 11.4. The molecule has 0 radical (unpaired) electrons. The molecule has 1 aliphatic heterocycles. The number of fused-ring (bicyclic) bond motifs is 1. The number of ether oxygens (including phenoxy) is 1. The van der Waals surface area contributed by atoms with Crippen molar-refractivity contribution in [3.63, 3.8) is 0 Å². The first-order valence-corrected chi connectivity index (χ1v) is 6.61. The Morgan fingerprint density at radius 3 is 2.75 bits per heavy atom. The Balaban J connectivity index is 1.74. The predicted molar refractivity (Wildman–Crippen MR) is 59.3 cm³/mol.